The number of halogens is 1. The van der Waals surface area contributed by atoms with Crippen molar-refractivity contribution in [1.29, 1.82) is 0 Å². The Bertz CT molecular complexity index is 602. The van der Waals surface area contributed by atoms with Gasteiger partial charge < -0.3 is 5.32 Å². The van der Waals surface area contributed by atoms with Crippen LogP contribution in [0.1, 0.15) is 11.3 Å². The second-order valence-corrected chi connectivity index (χ2v) is 5.58. The van der Waals surface area contributed by atoms with Crippen molar-refractivity contribution in [2.24, 2.45) is 7.05 Å². The molecule has 100 valence electrons. The van der Waals surface area contributed by atoms with Gasteiger partial charge in [-0.3, -0.25) is 10.00 Å². The van der Waals surface area contributed by atoms with Crippen LogP contribution in [0, 0.1) is 17.4 Å². The summed E-state index contributed by atoms with van der Waals surface area (Å²) in [5.74, 6) is 0.542. The lowest BCUT2D eigenvalue weighted by atomic mass is 10.2. The number of benzene rings is 1. The first kappa shape index (κ1) is 13.9. The summed E-state index contributed by atoms with van der Waals surface area (Å²) in [5.41, 5.74) is 2.81. The molecule has 0 spiro atoms. The first-order chi connectivity index (χ1) is 8.95. The zero-order chi connectivity index (χ0) is 14.0. The lowest BCUT2D eigenvalue weighted by Gasteiger charge is -2.08. The van der Waals surface area contributed by atoms with Crippen LogP contribution in [0.15, 0.2) is 24.3 Å². The monoisotopic (exact) mass is 370 g/mol. The number of anilines is 2. The van der Waals surface area contributed by atoms with Crippen LogP contribution < -0.4 is 10.6 Å². The van der Waals surface area contributed by atoms with Gasteiger partial charge in [-0.25, -0.2) is 4.79 Å². The quantitative estimate of drug-likeness (QED) is 0.798. The predicted octanol–water partition coefficient (Wildman–Crippen LogP) is 3.29. The molecule has 0 saturated carbocycles. The van der Waals surface area contributed by atoms with Crippen LogP contribution in [0.4, 0.5) is 16.3 Å². The third-order valence-corrected chi connectivity index (χ3v) is 3.46. The first-order valence-corrected chi connectivity index (χ1v) is 6.88. The van der Waals surface area contributed by atoms with E-state index in [4.69, 9.17) is 0 Å². The highest BCUT2D eigenvalue weighted by Crippen LogP contribution is 2.18. The minimum atomic E-state index is -0.289. The average Bonchev–Trinajstić information content (AvgIpc) is 2.62. The topological polar surface area (TPSA) is 59.0 Å². The van der Waals surface area contributed by atoms with Gasteiger partial charge in [-0.2, -0.15) is 5.10 Å². The number of nitrogens with one attached hydrogen (secondary N) is 2. The van der Waals surface area contributed by atoms with Crippen LogP contribution in [-0.4, -0.2) is 15.8 Å². The highest BCUT2D eigenvalue weighted by molar-refractivity contribution is 14.1. The number of aryl methyl sites for hydroxylation is 3. The summed E-state index contributed by atoms with van der Waals surface area (Å²) in [5, 5.41) is 9.69. The van der Waals surface area contributed by atoms with Gasteiger partial charge in [0.2, 0.25) is 0 Å². The maximum absolute atomic E-state index is 11.9. The molecule has 0 unspecified atom stereocenters. The second kappa shape index (κ2) is 5.60. The Kier molecular flexibility index (Phi) is 4.08. The molecule has 0 saturated heterocycles. The number of nitrogens with zero attached hydrogens (tertiary/aromatic N) is 2. The molecule has 2 rings (SSSR count). The van der Waals surface area contributed by atoms with Crippen molar-refractivity contribution in [2.45, 2.75) is 13.8 Å². The number of carbonyl (C=O) groups excluding carboxylic acids is 1. The Hall–Kier alpha value is -1.57. The fraction of sp³-hybridized carbons (Fsp3) is 0.231. The molecule has 1 aromatic carbocycles. The summed E-state index contributed by atoms with van der Waals surface area (Å²) >= 11 is 2.24. The van der Waals surface area contributed by atoms with Gasteiger partial charge in [0.15, 0.2) is 5.82 Å². The minimum Gasteiger partial charge on any atom is -0.307 e. The number of aromatic nitrogens is 2. The van der Waals surface area contributed by atoms with Gasteiger partial charge >= 0.3 is 6.03 Å². The molecule has 0 radical (unpaired) electrons. The van der Waals surface area contributed by atoms with Crippen LogP contribution >= 0.6 is 22.6 Å². The lowest BCUT2D eigenvalue weighted by Crippen LogP contribution is -2.20. The zero-order valence-corrected chi connectivity index (χ0v) is 13.1. The molecule has 0 aliphatic carbocycles. The normalized spacial score (nSPS) is 10.3. The molecule has 0 aliphatic heterocycles. The molecule has 0 aliphatic rings. The number of hydrogen-bond acceptors (Lipinski definition) is 2. The van der Waals surface area contributed by atoms with Gasteiger partial charge in [0.25, 0.3) is 0 Å². The summed E-state index contributed by atoms with van der Waals surface area (Å²) in [6.45, 7) is 3.89. The molecule has 0 fully saturated rings. The predicted molar refractivity (Wildman–Crippen MR) is 84.5 cm³/mol. The Balaban J connectivity index is 2.05. The van der Waals surface area contributed by atoms with Crippen molar-refractivity contribution in [3.63, 3.8) is 0 Å². The zero-order valence-electron chi connectivity index (χ0n) is 11.0. The molecule has 19 heavy (non-hydrogen) atoms. The second-order valence-electron chi connectivity index (χ2n) is 4.33. The highest BCUT2D eigenvalue weighted by atomic mass is 127. The van der Waals surface area contributed by atoms with E-state index in [0.29, 0.717) is 5.82 Å². The Labute approximate surface area is 125 Å². The third-order valence-electron chi connectivity index (χ3n) is 2.79. The van der Waals surface area contributed by atoms with E-state index in [1.165, 1.54) is 0 Å². The van der Waals surface area contributed by atoms with Gasteiger partial charge in [0.1, 0.15) is 0 Å². The van der Waals surface area contributed by atoms with Crippen molar-refractivity contribution in [2.75, 3.05) is 10.6 Å². The summed E-state index contributed by atoms with van der Waals surface area (Å²) in [7, 11) is 1.84. The van der Waals surface area contributed by atoms with Gasteiger partial charge in [0.05, 0.1) is 0 Å². The van der Waals surface area contributed by atoms with Gasteiger partial charge in [0, 0.05) is 28.1 Å². The molecule has 2 N–H and O–H groups in total. The third kappa shape index (κ3) is 3.46. The Morgan fingerprint density at radius 3 is 2.58 bits per heavy atom. The van der Waals surface area contributed by atoms with Crippen molar-refractivity contribution >= 4 is 40.1 Å². The lowest BCUT2D eigenvalue weighted by molar-refractivity contribution is 0.262. The number of urea groups is 1. The van der Waals surface area contributed by atoms with Gasteiger partial charge in [-0.05, 0) is 60.2 Å². The molecule has 1 aromatic heterocycles. The van der Waals surface area contributed by atoms with Crippen LogP contribution in [0.25, 0.3) is 0 Å². The largest absolute Gasteiger partial charge is 0.324 e. The van der Waals surface area contributed by atoms with E-state index < -0.39 is 0 Å². The average molecular weight is 370 g/mol. The fourth-order valence-corrected chi connectivity index (χ4v) is 2.31. The Morgan fingerprint density at radius 1 is 1.26 bits per heavy atom. The summed E-state index contributed by atoms with van der Waals surface area (Å²) < 4.78 is 2.85. The van der Waals surface area contributed by atoms with Crippen molar-refractivity contribution in [1.82, 2.24) is 9.78 Å². The standard InChI is InChI=1S/C13H15IN4O/c1-8-6-10(14)4-5-11(8)15-13(19)16-12-7-9(2)18(3)17-12/h4-7H,1-3H3,(H2,15,16,17,19). The van der Waals surface area contributed by atoms with E-state index >= 15 is 0 Å². The summed E-state index contributed by atoms with van der Waals surface area (Å²) in [4.78, 5) is 11.9. The van der Waals surface area contributed by atoms with E-state index in [1.54, 1.807) is 4.68 Å². The molecule has 1 heterocycles. The maximum atomic E-state index is 11.9. The van der Waals surface area contributed by atoms with Crippen LogP contribution in [0.2, 0.25) is 0 Å². The first-order valence-electron chi connectivity index (χ1n) is 5.80. The Morgan fingerprint density at radius 2 is 2.00 bits per heavy atom. The number of carbonyl (C=O) groups is 1. The maximum Gasteiger partial charge on any atom is 0.324 e. The molecule has 2 amide bonds. The molecule has 6 heteroatoms. The minimum absolute atomic E-state index is 0.289. The van der Waals surface area contributed by atoms with E-state index in [1.807, 2.05) is 45.2 Å². The van der Waals surface area contributed by atoms with Crippen LogP contribution in [0.5, 0.6) is 0 Å². The van der Waals surface area contributed by atoms with Crippen molar-refractivity contribution in [3.8, 4) is 0 Å². The highest BCUT2D eigenvalue weighted by Gasteiger charge is 2.07. The van der Waals surface area contributed by atoms with Gasteiger partial charge in [-0.1, -0.05) is 0 Å². The number of rotatable bonds is 2. The summed E-state index contributed by atoms with van der Waals surface area (Å²) in [6, 6.07) is 7.39. The molecular weight excluding hydrogens is 355 g/mol. The van der Waals surface area contributed by atoms with Crippen molar-refractivity contribution < 1.29 is 4.79 Å². The summed E-state index contributed by atoms with van der Waals surface area (Å²) in [6.07, 6.45) is 0. The van der Waals surface area contributed by atoms with Crippen molar-refractivity contribution in [3.05, 3.63) is 39.1 Å². The van der Waals surface area contributed by atoms with Gasteiger partial charge in [-0.15, -0.1) is 0 Å². The van der Waals surface area contributed by atoms with Crippen LogP contribution in [0.3, 0.4) is 0 Å². The van der Waals surface area contributed by atoms with E-state index in [9.17, 15) is 4.79 Å². The molecule has 2 aromatic rings. The molecule has 5 nitrogen and oxygen atoms in total. The number of hydrogen-bond donors (Lipinski definition) is 2. The molecule has 0 atom stereocenters. The van der Waals surface area contributed by atoms with E-state index in [0.717, 1.165) is 20.5 Å². The number of amides is 2. The van der Waals surface area contributed by atoms with E-state index in [-0.39, 0.29) is 6.03 Å². The SMILES string of the molecule is Cc1cc(I)ccc1NC(=O)Nc1cc(C)n(C)n1. The van der Waals surface area contributed by atoms with E-state index in [2.05, 4.69) is 38.3 Å². The molecular formula is C13H15IN4O. The van der Waals surface area contributed by atoms with Crippen LogP contribution in [-0.2, 0) is 7.05 Å². The fourth-order valence-electron chi connectivity index (χ4n) is 1.66. The smallest absolute Gasteiger partial charge is 0.307 e. The molecule has 0 bridgehead atoms.